The van der Waals surface area contributed by atoms with Crippen LogP contribution in [0.5, 0.6) is 0 Å². The first-order valence-electron chi connectivity index (χ1n) is 31.4. The molecule has 2 unspecified atom stereocenters. The molecule has 442 valence electrons. The van der Waals surface area contributed by atoms with Crippen LogP contribution >= 0.6 is 0 Å². The summed E-state index contributed by atoms with van der Waals surface area (Å²) in [7, 11) is 5.92. The highest BCUT2D eigenvalue weighted by Gasteiger charge is 2.22. The van der Waals surface area contributed by atoms with Gasteiger partial charge in [0.2, 0.25) is 0 Å². The highest BCUT2D eigenvalue weighted by atomic mass is 16.7. The quantitative estimate of drug-likeness (QED) is 0.0195. The molecule has 0 saturated carbocycles. The lowest BCUT2D eigenvalue weighted by Gasteiger charge is -2.26. The summed E-state index contributed by atoms with van der Waals surface area (Å²) in [6, 6.07) is 0. The fourth-order valence-electron chi connectivity index (χ4n) is 8.51. The maximum atomic E-state index is 12.9. The van der Waals surface area contributed by atoms with Crippen molar-refractivity contribution in [1.82, 2.24) is 0 Å². The van der Waals surface area contributed by atoms with Gasteiger partial charge in [0.25, 0.3) is 0 Å². The van der Waals surface area contributed by atoms with E-state index < -0.39 is 24.3 Å². The van der Waals surface area contributed by atoms with Gasteiger partial charge in [-0.2, -0.15) is 0 Å². The summed E-state index contributed by atoms with van der Waals surface area (Å²) in [5.74, 6) is -2.29. The number of ether oxygens (including phenoxy) is 4. The van der Waals surface area contributed by atoms with Crippen LogP contribution in [0.4, 0.5) is 0 Å². The van der Waals surface area contributed by atoms with Gasteiger partial charge in [0.05, 0.1) is 40.3 Å². The van der Waals surface area contributed by atoms with Crippen LogP contribution in [0, 0.1) is 0 Å². The Balaban J connectivity index is 4.23. The number of aliphatic carboxylic acids is 1. The summed E-state index contributed by atoms with van der Waals surface area (Å²) in [4.78, 5) is 37.4. The van der Waals surface area contributed by atoms with Gasteiger partial charge in [-0.3, -0.25) is 9.59 Å². The standard InChI is InChI=1S/C68H117NO8/c1-6-8-10-12-14-16-18-20-22-24-26-28-29-30-31-32-33-34-35-36-37-39-41-43-45-47-49-51-53-55-57-59-66(71)77-64(63-76-68(67(72)73)74-61-60-69(3,4)5)62-75-65(70)58-56-54-52-50-48-46-44-42-40-38-27-25-23-21-19-17-15-13-11-9-7-2/h8,10,14,16,20,22,25-28,30-31,33-34,36-37,64,68H,6-7,9,11-13,15,17-19,21,23-24,29,32,35,38-63H2,1-5H3/b10-8-,16-14-,22-20-,27-25-,28-26-,31-30-,34-33-,37-36-. The predicted octanol–water partition coefficient (Wildman–Crippen LogP) is 17.6. The number of nitrogens with zero attached hydrogens (tertiary/aromatic N) is 1. The molecule has 0 aliphatic carbocycles. The molecular formula is C68H117NO8. The molecule has 9 nitrogen and oxygen atoms in total. The molecule has 0 rings (SSSR count). The minimum absolute atomic E-state index is 0.142. The maximum absolute atomic E-state index is 12.9. The van der Waals surface area contributed by atoms with Gasteiger partial charge in [-0.05, 0) is 96.3 Å². The lowest BCUT2D eigenvalue weighted by Crippen LogP contribution is -2.44. The molecule has 0 saturated heterocycles. The zero-order valence-electron chi connectivity index (χ0n) is 50.3. The van der Waals surface area contributed by atoms with Crippen molar-refractivity contribution in [3.05, 3.63) is 97.2 Å². The summed E-state index contributed by atoms with van der Waals surface area (Å²) >= 11 is 0. The Kier molecular flexibility index (Phi) is 55.5. The van der Waals surface area contributed by atoms with Crippen LogP contribution in [0.3, 0.4) is 0 Å². The van der Waals surface area contributed by atoms with Gasteiger partial charge in [0.15, 0.2) is 12.4 Å². The SMILES string of the molecule is CC/C=C\C/C=C\C/C=C\C/C=C\C/C=C\C/C=C\C/C=C\CCCCCCCCCCCC(=O)OC(COC(=O)CCCCCCCCCCC/C=C\CCCCCCCCCC)COC(OCC[N+](C)(C)C)C(=O)[O-]. The number of likely N-dealkylation sites (N-methyl/N-ethyl adjacent to an activating group) is 1. The van der Waals surface area contributed by atoms with Gasteiger partial charge in [-0.15, -0.1) is 0 Å². The Bertz CT molecular complexity index is 1580. The van der Waals surface area contributed by atoms with Crippen LogP contribution in [0.1, 0.15) is 258 Å². The van der Waals surface area contributed by atoms with E-state index in [1.54, 1.807) is 0 Å². The van der Waals surface area contributed by atoms with E-state index in [0.717, 1.165) is 89.9 Å². The molecule has 0 aliphatic rings. The van der Waals surface area contributed by atoms with Crippen LogP contribution in [0.15, 0.2) is 97.2 Å². The Morgan fingerprint density at radius 1 is 0.403 bits per heavy atom. The lowest BCUT2D eigenvalue weighted by atomic mass is 10.1. The van der Waals surface area contributed by atoms with E-state index in [1.807, 2.05) is 21.1 Å². The van der Waals surface area contributed by atoms with E-state index in [0.29, 0.717) is 17.4 Å². The number of carboxylic acid groups (broad SMARTS) is 1. The molecule has 0 amide bonds. The highest BCUT2D eigenvalue weighted by molar-refractivity contribution is 5.70. The molecule has 0 spiro atoms. The van der Waals surface area contributed by atoms with Crippen molar-refractivity contribution in [1.29, 1.82) is 0 Å². The van der Waals surface area contributed by atoms with Crippen molar-refractivity contribution in [3.8, 4) is 0 Å². The second-order valence-electron chi connectivity index (χ2n) is 22.0. The molecule has 0 aromatic rings. The van der Waals surface area contributed by atoms with E-state index >= 15 is 0 Å². The van der Waals surface area contributed by atoms with Crippen molar-refractivity contribution in [3.63, 3.8) is 0 Å². The number of carboxylic acids is 1. The Hall–Kier alpha value is -3.79. The molecule has 0 aliphatic heterocycles. The fraction of sp³-hybridized carbons (Fsp3) is 0.721. The number of hydrogen-bond acceptors (Lipinski definition) is 8. The molecule has 0 fully saturated rings. The summed E-state index contributed by atoms with van der Waals surface area (Å²) in [6.07, 6.45) is 76.0. The van der Waals surface area contributed by atoms with Gasteiger partial charge in [-0.25, -0.2) is 0 Å². The molecule has 0 aromatic heterocycles. The third kappa shape index (κ3) is 59.7. The maximum Gasteiger partial charge on any atom is 0.306 e. The second kappa shape index (κ2) is 58.4. The second-order valence-corrected chi connectivity index (χ2v) is 22.0. The fourth-order valence-corrected chi connectivity index (χ4v) is 8.51. The first-order chi connectivity index (χ1) is 37.6. The molecule has 0 radical (unpaired) electrons. The van der Waals surface area contributed by atoms with Crippen molar-refractivity contribution in [2.45, 2.75) is 270 Å². The average molecular weight is 1080 g/mol. The minimum Gasteiger partial charge on any atom is -0.545 e. The Labute approximate surface area is 473 Å². The van der Waals surface area contributed by atoms with Gasteiger partial charge < -0.3 is 33.3 Å². The number of allylic oxidation sites excluding steroid dienone is 16. The molecule has 0 N–H and O–H groups in total. The lowest BCUT2D eigenvalue weighted by molar-refractivity contribution is -0.870. The first-order valence-corrected chi connectivity index (χ1v) is 31.4. The monoisotopic (exact) mass is 1080 g/mol. The predicted molar refractivity (Wildman–Crippen MR) is 324 cm³/mol. The number of carbonyl (C=O) groups is 3. The summed E-state index contributed by atoms with van der Waals surface area (Å²) < 4.78 is 22.7. The summed E-state index contributed by atoms with van der Waals surface area (Å²) in [6.45, 7) is 4.64. The number of hydrogen-bond donors (Lipinski definition) is 0. The number of unbranched alkanes of at least 4 members (excludes halogenated alkanes) is 26. The van der Waals surface area contributed by atoms with Gasteiger partial charge in [0, 0.05) is 12.8 Å². The van der Waals surface area contributed by atoms with Gasteiger partial charge in [-0.1, -0.05) is 246 Å². The zero-order chi connectivity index (χ0) is 56.2. The van der Waals surface area contributed by atoms with Crippen molar-refractivity contribution < 1.29 is 42.9 Å². The van der Waals surface area contributed by atoms with Crippen molar-refractivity contribution in [2.24, 2.45) is 0 Å². The molecule has 0 bridgehead atoms. The normalized spacial score (nSPS) is 13.4. The third-order valence-electron chi connectivity index (χ3n) is 13.3. The van der Waals surface area contributed by atoms with E-state index in [1.165, 1.54) is 135 Å². The van der Waals surface area contributed by atoms with Gasteiger partial charge >= 0.3 is 11.9 Å². The van der Waals surface area contributed by atoms with Crippen molar-refractivity contribution >= 4 is 17.9 Å². The Morgan fingerprint density at radius 3 is 1.12 bits per heavy atom. The van der Waals surface area contributed by atoms with E-state index in [9.17, 15) is 19.5 Å². The topological polar surface area (TPSA) is 111 Å². The summed E-state index contributed by atoms with van der Waals surface area (Å²) in [5.41, 5.74) is 0. The molecule has 0 heterocycles. The van der Waals surface area contributed by atoms with Crippen LogP contribution in [-0.2, 0) is 33.3 Å². The van der Waals surface area contributed by atoms with E-state index in [2.05, 4.69) is 111 Å². The first kappa shape index (κ1) is 73.2. The number of esters is 2. The van der Waals surface area contributed by atoms with E-state index in [4.69, 9.17) is 18.9 Å². The van der Waals surface area contributed by atoms with Crippen LogP contribution in [-0.4, -0.2) is 82.3 Å². The number of rotatable bonds is 57. The Morgan fingerprint density at radius 2 is 0.740 bits per heavy atom. The highest BCUT2D eigenvalue weighted by Crippen LogP contribution is 2.16. The van der Waals surface area contributed by atoms with E-state index in [-0.39, 0.29) is 38.6 Å². The van der Waals surface area contributed by atoms with Gasteiger partial charge in [0.1, 0.15) is 13.2 Å². The average Bonchev–Trinajstić information content (AvgIpc) is 3.40. The van der Waals surface area contributed by atoms with Crippen LogP contribution < -0.4 is 5.11 Å². The summed E-state index contributed by atoms with van der Waals surface area (Å²) in [5, 5.41) is 11.8. The van der Waals surface area contributed by atoms with Crippen molar-refractivity contribution in [2.75, 3.05) is 47.5 Å². The van der Waals surface area contributed by atoms with Crippen LogP contribution in [0.25, 0.3) is 0 Å². The molecular weight excluding hydrogens is 959 g/mol. The molecule has 2 atom stereocenters. The number of quaternary nitrogens is 1. The molecule has 9 heteroatoms. The van der Waals surface area contributed by atoms with Crippen LogP contribution in [0.2, 0.25) is 0 Å². The smallest absolute Gasteiger partial charge is 0.306 e. The molecule has 0 aromatic carbocycles. The third-order valence-corrected chi connectivity index (χ3v) is 13.3. The zero-order valence-corrected chi connectivity index (χ0v) is 50.3. The number of carbonyl (C=O) groups excluding carboxylic acids is 3. The largest absolute Gasteiger partial charge is 0.545 e. The minimum atomic E-state index is -1.63. The molecule has 77 heavy (non-hydrogen) atoms.